The van der Waals surface area contributed by atoms with Crippen LogP contribution in [-0.4, -0.2) is 16.8 Å². The molecular weight excluding hydrogens is 392 g/mol. The lowest BCUT2D eigenvalue weighted by atomic mass is 9.99. The van der Waals surface area contributed by atoms with Crippen LogP contribution in [0.1, 0.15) is 45.5 Å². The first-order valence-corrected chi connectivity index (χ1v) is 12.3. The molecule has 0 unspecified atom stereocenters. The van der Waals surface area contributed by atoms with Crippen LogP contribution in [0.5, 0.6) is 0 Å². The van der Waals surface area contributed by atoms with Crippen molar-refractivity contribution in [3.63, 3.8) is 0 Å². The van der Waals surface area contributed by atoms with Crippen LogP contribution in [0.25, 0.3) is 0 Å². The molecule has 1 aromatic carbocycles. The molecule has 2 heterocycles. The Morgan fingerprint density at radius 3 is 2.46 bits per heavy atom. The normalized spacial score (nSPS) is 19.5. The first kappa shape index (κ1) is 18.3. The lowest BCUT2D eigenvalue weighted by molar-refractivity contribution is 0.260. The van der Waals surface area contributed by atoms with E-state index in [0.29, 0.717) is 4.21 Å². The Kier molecular flexibility index (Phi) is 4.54. The molecule has 0 bridgehead atoms. The zero-order valence-corrected chi connectivity index (χ0v) is 17.3. The summed E-state index contributed by atoms with van der Waals surface area (Å²) in [6.07, 6.45) is 7.18. The molecular formula is C20H24N4O2S2. The summed E-state index contributed by atoms with van der Waals surface area (Å²) in [5.41, 5.74) is 7.14. The monoisotopic (exact) mass is 416 g/mol. The van der Waals surface area contributed by atoms with E-state index in [1.165, 1.54) is 38.5 Å². The predicted octanol–water partition coefficient (Wildman–Crippen LogP) is 3.30. The van der Waals surface area contributed by atoms with E-state index in [-0.39, 0.29) is 0 Å². The molecule has 28 heavy (non-hydrogen) atoms. The number of urea groups is 1. The molecule has 3 aliphatic rings. The number of amides is 2. The number of nitrogens with two attached hydrogens (primary N) is 1. The van der Waals surface area contributed by atoms with E-state index >= 15 is 0 Å². The highest BCUT2D eigenvalue weighted by molar-refractivity contribution is 7.93. The van der Waals surface area contributed by atoms with Crippen molar-refractivity contribution in [3.8, 4) is 0 Å². The van der Waals surface area contributed by atoms with Crippen molar-refractivity contribution < 1.29 is 9.00 Å². The Labute approximate surface area is 169 Å². The van der Waals surface area contributed by atoms with E-state index in [4.69, 9.17) is 5.14 Å². The van der Waals surface area contributed by atoms with Gasteiger partial charge in [-0.2, -0.15) is 0 Å². The molecule has 0 spiro atoms. The molecule has 4 N–H and O–H groups in total. The van der Waals surface area contributed by atoms with Crippen molar-refractivity contribution in [3.05, 3.63) is 44.8 Å². The smallest absolute Gasteiger partial charge is 0.312 e. The minimum atomic E-state index is -3.25. The molecule has 0 saturated carbocycles. The van der Waals surface area contributed by atoms with Crippen LogP contribution in [0.3, 0.4) is 0 Å². The van der Waals surface area contributed by atoms with Gasteiger partial charge in [-0.1, -0.05) is 6.07 Å². The molecule has 0 fully saturated rings. The Balaban J connectivity index is 1.46. The summed E-state index contributed by atoms with van der Waals surface area (Å²) in [6.45, 7) is 1.65. The van der Waals surface area contributed by atoms with Gasteiger partial charge in [0.05, 0.1) is 0 Å². The summed E-state index contributed by atoms with van der Waals surface area (Å²) in [4.78, 5) is 13.9. The summed E-state index contributed by atoms with van der Waals surface area (Å²) in [5.74, 6) is 0. The second kappa shape index (κ2) is 6.95. The Hall–Kier alpha value is -1.74. The zero-order chi connectivity index (χ0) is 19.3. The minimum Gasteiger partial charge on any atom is -0.312 e. The summed E-state index contributed by atoms with van der Waals surface area (Å²) in [5, 5.41) is 12.3. The van der Waals surface area contributed by atoms with Crippen LogP contribution < -0.4 is 15.8 Å². The van der Waals surface area contributed by atoms with Gasteiger partial charge in [0.1, 0.15) is 4.21 Å². The molecule has 2 aliphatic carbocycles. The molecule has 5 rings (SSSR count). The van der Waals surface area contributed by atoms with Crippen molar-refractivity contribution in [1.29, 1.82) is 0 Å². The molecule has 1 atom stereocenters. The van der Waals surface area contributed by atoms with Crippen LogP contribution in [0.15, 0.2) is 20.7 Å². The second-order valence-corrected chi connectivity index (χ2v) is 10.9. The van der Waals surface area contributed by atoms with Gasteiger partial charge < -0.3 is 10.6 Å². The van der Waals surface area contributed by atoms with Gasteiger partial charge >= 0.3 is 6.03 Å². The SMILES string of the molecule is N[S@](=O)(=NC(=O)Nc1c2c(cc3c1CCC3)CCC2)c1cc2c(s1)CCNC2. The number of aryl methyl sites for hydroxylation is 2. The van der Waals surface area contributed by atoms with Crippen molar-refractivity contribution in [2.45, 2.75) is 55.7 Å². The van der Waals surface area contributed by atoms with E-state index in [0.717, 1.165) is 69.3 Å². The standard InChI is InChI=1S/C20H24N4O2S2/c21-28(26,18-10-14-11-22-8-7-17(14)27-18)24-20(25)23-19-15-5-1-3-12(15)9-13-4-2-6-16(13)19/h9-10,22H,1-8,11H2,(H3,21,23,24,25,26)/t28-/m0/s1. The van der Waals surface area contributed by atoms with Gasteiger partial charge in [-0.3, -0.25) is 0 Å². The van der Waals surface area contributed by atoms with Crippen molar-refractivity contribution >= 4 is 33.0 Å². The number of nitrogens with one attached hydrogen (secondary N) is 2. The third kappa shape index (κ3) is 3.18. The number of hydrogen-bond donors (Lipinski definition) is 3. The van der Waals surface area contributed by atoms with E-state index < -0.39 is 15.9 Å². The number of hydrogen-bond acceptors (Lipinski definition) is 4. The van der Waals surface area contributed by atoms with E-state index in [1.807, 2.05) is 6.07 Å². The van der Waals surface area contributed by atoms with Gasteiger partial charge in [0.25, 0.3) is 0 Å². The van der Waals surface area contributed by atoms with Crippen LogP contribution in [0.4, 0.5) is 10.5 Å². The number of rotatable bonds is 2. The van der Waals surface area contributed by atoms with E-state index in [9.17, 15) is 9.00 Å². The minimum absolute atomic E-state index is 0.486. The van der Waals surface area contributed by atoms with Crippen molar-refractivity contribution in [1.82, 2.24) is 5.32 Å². The fourth-order valence-electron chi connectivity index (χ4n) is 4.63. The average molecular weight is 417 g/mol. The Bertz CT molecular complexity index is 1040. The van der Waals surface area contributed by atoms with Gasteiger partial charge in [0.2, 0.25) is 0 Å². The highest BCUT2D eigenvalue weighted by atomic mass is 32.2. The van der Waals surface area contributed by atoms with Crippen LogP contribution in [-0.2, 0) is 48.6 Å². The fourth-order valence-corrected chi connectivity index (χ4v) is 7.13. The first-order chi connectivity index (χ1) is 13.5. The van der Waals surface area contributed by atoms with Gasteiger partial charge in [-0.25, -0.2) is 14.1 Å². The molecule has 1 aromatic heterocycles. The maximum Gasteiger partial charge on any atom is 0.354 e. The predicted molar refractivity (Wildman–Crippen MR) is 112 cm³/mol. The summed E-state index contributed by atoms with van der Waals surface area (Å²) in [7, 11) is -3.25. The second-order valence-electron chi connectivity index (χ2n) is 7.76. The maximum atomic E-state index is 13.0. The maximum absolute atomic E-state index is 13.0. The summed E-state index contributed by atoms with van der Waals surface area (Å²) < 4.78 is 17.4. The number of anilines is 1. The van der Waals surface area contributed by atoms with Crippen LogP contribution in [0, 0.1) is 0 Å². The largest absolute Gasteiger partial charge is 0.354 e. The molecule has 0 saturated heterocycles. The first-order valence-electron chi connectivity index (χ1n) is 9.86. The van der Waals surface area contributed by atoms with Crippen molar-refractivity contribution in [2.75, 3.05) is 11.9 Å². The number of nitrogens with zero attached hydrogens (tertiary/aromatic N) is 1. The number of fused-ring (bicyclic) bond motifs is 3. The van der Waals surface area contributed by atoms with Gasteiger partial charge in [-0.05, 0) is 78.8 Å². The molecule has 2 aromatic rings. The molecule has 148 valence electrons. The van der Waals surface area contributed by atoms with Crippen molar-refractivity contribution in [2.24, 2.45) is 9.50 Å². The lowest BCUT2D eigenvalue weighted by Gasteiger charge is -2.15. The number of carbonyl (C=O) groups is 1. The topological polar surface area (TPSA) is 96.6 Å². The van der Waals surface area contributed by atoms with Gasteiger partial charge in [0, 0.05) is 23.7 Å². The summed E-state index contributed by atoms with van der Waals surface area (Å²) in [6, 6.07) is 3.54. The van der Waals surface area contributed by atoms with Gasteiger partial charge in [0.15, 0.2) is 9.92 Å². The zero-order valence-electron chi connectivity index (χ0n) is 15.7. The van der Waals surface area contributed by atoms with Crippen LogP contribution in [0.2, 0.25) is 0 Å². The van der Waals surface area contributed by atoms with Crippen LogP contribution >= 0.6 is 11.3 Å². The molecule has 6 nitrogen and oxygen atoms in total. The molecule has 0 radical (unpaired) electrons. The molecule has 8 heteroatoms. The Morgan fingerprint density at radius 2 is 1.79 bits per heavy atom. The van der Waals surface area contributed by atoms with E-state index in [1.54, 1.807) is 0 Å². The van der Waals surface area contributed by atoms with E-state index in [2.05, 4.69) is 21.1 Å². The third-order valence-corrected chi connectivity index (χ3v) is 9.06. The fraction of sp³-hybridized carbons (Fsp3) is 0.450. The van der Waals surface area contributed by atoms with Gasteiger partial charge in [-0.15, -0.1) is 15.7 Å². The molecule has 1 aliphatic heterocycles. The summed E-state index contributed by atoms with van der Waals surface area (Å²) >= 11 is 1.42. The Morgan fingerprint density at radius 1 is 1.07 bits per heavy atom. The molecule has 2 amide bonds. The average Bonchev–Trinajstić information content (AvgIpc) is 3.39. The lowest BCUT2D eigenvalue weighted by Crippen LogP contribution is -2.21. The highest BCUT2D eigenvalue weighted by Crippen LogP contribution is 2.38. The number of thiophene rings is 1. The number of benzene rings is 1. The highest BCUT2D eigenvalue weighted by Gasteiger charge is 2.25. The number of carbonyl (C=O) groups excluding carboxylic acids is 1. The quantitative estimate of drug-likeness (QED) is 0.701. The third-order valence-electron chi connectivity index (χ3n) is 5.93.